The average molecular weight is 399 g/mol. The van der Waals surface area contributed by atoms with Crippen LogP contribution in [-0.2, 0) is 17.1 Å². The first kappa shape index (κ1) is 17.6. The fraction of sp³-hybridized carbons (Fsp3) is 0.421. The van der Waals surface area contributed by atoms with Crippen LogP contribution in [0.2, 0.25) is 0 Å². The van der Waals surface area contributed by atoms with Crippen molar-refractivity contribution in [2.75, 3.05) is 0 Å². The summed E-state index contributed by atoms with van der Waals surface area (Å²) in [4.78, 5) is 4.81. The van der Waals surface area contributed by atoms with Gasteiger partial charge in [-0.1, -0.05) is 35.5 Å². The Balaban J connectivity index is 1.56. The smallest absolute Gasteiger partial charge is 0.247 e. The largest absolute Gasteiger partial charge is 0.337 e. The van der Waals surface area contributed by atoms with Crippen LogP contribution in [-0.4, -0.2) is 38.7 Å². The zero-order valence-corrected chi connectivity index (χ0v) is 16.5. The predicted molar refractivity (Wildman–Crippen MR) is 101 cm³/mol. The highest BCUT2D eigenvalue weighted by molar-refractivity contribution is 7.89. The first-order chi connectivity index (χ1) is 13.5. The lowest BCUT2D eigenvalue weighted by Gasteiger charge is -2.31. The SMILES string of the molecule is Cc1c(S(=O)(=O)N2[C@@H]3CC[C@@H](C3)[C@@H]2c2nc(-c3ccccc3)no2)cnn1C. The lowest BCUT2D eigenvalue weighted by atomic mass is 10.00. The predicted octanol–water partition coefficient (Wildman–Crippen LogP) is 2.69. The van der Waals surface area contributed by atoms with E-state index in [-0.39, 0.29) is 16.9 Å². The topological polar surface area (TPSA) is 94.1 Å². The normalized spacial score (nSPS) is 24.9. The van der Waals surface area contributed by atoms with Gasteiger partial charge in [-0.2, -0.15) is 14.4 Å². The summed E-state index contributed by atoms with van der Waals surface area (Å²) in [5.41, 5.74) is 1.47. The van der Waals surface area contributed by atoms with E-state index in [1.807, 2.05) is 30.3 Å². The molecule has 0 amide bonds. The van der Waals surface area contributed by atoms with Gasteiger partial charge in [-0.3, -0.25) is 4.68 Å². The fourth-order valence-corrected chi connectivity index (χ4v) is 6.56. The summed E-state index contributed by atoms with van der Waals surface area (Å²) < 4.78 is 35.7. The number of aryl methyl sites for hydroxylation is 1. The Morgan fingerprint density at radius 1 is 1.18 bits per heavy atom. The number of rotatable bonds is 4. The molecule has 1 saturated heterocycles. The Labute approximate surface area is 163 Å². The van der Waals surface area contributed by atoms with E-state index in [0.717, 1.165) is 24.8 Å². The van der Waals surface area contributed by atoms with Gasteiger partial charge in [0, 0.05) is 18.7 Å². The Bertz CT molecular complexity index is 1120. The number of benzene rings is 1. The Hall–Kier alpha value is -2.52. The van der Waals surface area contributed by atoms with E-state index in [9.17, 15) is 8.42 Å². The highest BCUT2D eigenvalue weighted by Crippen LogP contribution is 2.52. The first-order valence-corrected chi connectivity index (χ1v) is 10.8. The van der Waals surface area contributed by atoms with E-state index in [1.54, 1.807) is 23.0 Å². The van der Waals surface area contributed by atoms with E-state index in [0.29, 0.717) is 17.4 Å². The molecule has 3 atom stereocenters. The number of fused-ring (bicyclic) bond motifs is 2. The van der Waals surface area contributed by atoms with Crippen LogP contribution in [0, 0.1) is 12.8 Å². The maximum absolute atomic E-state index is 13.5. The molecule has 146 valence electrons. The Morgan fingerprint density at radius 3 is 2.68 bits per heavy atom. The van der Waals surface area contributed by atoms with Crippen molar-refractivity contribution in [3.05, 3.63) is 48.1 Å². The molecule has 5 rings (SSSR count). The molecule has 3 aromatic rings. The van der Waals surface area contributed by atoms with Crippen molar-refractivity contribution in [1.82, 2.24) is 24.2 Å². The van der Waals surface area contributed by atoms with E-state index < -0.39 is 16.1 Å². The molecule has 0 N–H and O–H groups in total. The van der Waals surface area contributed by atoms with Gasteiger partial charge in [0.15, 0.2) is 0 Å². The third-order valence-electron chi connectivity index (χ3n) is 6.00. The minimum atomic E-state index is -3.71. The van der Waals surface area contributed by atoms with Crippen molar-refractivity contribution in [3.8, 4) is 11.4 Å². The highest BCUT2D eigenvalue weighted by atomic mass is 32.2. The second-order valence-electron chi connectivity index (χ2n) is 7.55. The number of hydrogen-bond donors (Lipinski definition) is 0. The molecule has 0 spiro atoms. The van der Waals surface area contributed by atoms with Crippen LogP contribution in [0.15, 0.2) is 45.9 Å². The molecule has 9 heteroatoms. The van der Waals surface area contributed by atoms with Gasteiger partial charge in [0.25, 0.3) is 0 Å². The third-order valence-corrected chi connectivity index (χ3v) is 8.04. The molecule has 0 radical (unpaired) electrons. The van der Waals surface area contributed by atoms with Gasteiger partial charge < -0.3 is 4.52 Å². The second-order valence-corrected chi connectivity index (χ2v) is 9.36. The van der Waals surface area contributed by atoms with Crippen molar-refractivity contribution >= 4 is 10.0 Å². The summed E-state index contributed by atoms with van der Waals surface area (Å²) >= 11 is 0. The van der Waals surface area contributed by atoms with Crippen LogP contribution in [0.4, 0.5) is 0 Å². The summed E-state index contributed by atoms with van der Waals surface area (Å²) in [7, 11) is -1.97. The van der Waals surface area contributed by atoms with Crippen LogP contribution in [0.25, 0.3) is 11.4 Å². The molecular formula is C19H21N5O3S. The molecule has 2 aromatic heterocycles. The van der Waals surface area contributed by atoms with Crippen molar-refractivity contribution in [2.45, 2.75) is 43.2 Å². The molecule has 0 unspecified atom stereocenters. The van der Waals surface area contributed by atoms with Crippen LogP contribution >= 0.6 is 0 Å². The molecular weight excluding hydrogens is 378 g/mol. The molecule has 1 aliphatic heterocycles. The monoisotopic (exact) mass is 399 g/mol. The zero-order chi connectivity index (χ0) is 19.5. The quantitative estimate of drug-likeness (QED) is 0.669. The molecule has 1 aromatic carbocycles. The molecule has 1 saturated carbocycles. The van der Waals surface area contributed by atoms with E-state index in [2.05, 4.69) is 15.2 Å². The lowest BCUT2D eigenvalue weighted by molar-refractivity contribution is 0.197. The average Bonchev–Trinajstić information content (AvgIpc) is 3.46. The molecule has 2 bridgehead atoms. The molecule has 2 fully saturated rings. The summed E-state index contributed by atoms with van der Waals surface area (Å²) in [5, 5.41) is 8.22. The van der Waals surface area contributed by atoms with Gasteiger partial charge in [-0.15, -0.1) is 0 Å². The number of nitrogens with zero attached hydrogens (tertiary/aromatic N) is 5. The first-order valence-electron chi connectivity index (χ1n) is 9.38. The maximum Gasteiger partial charge on any atom is 0.247 e. The Kier molecular flexibility index (Phi) is 3.92. The van der Waals surface area contributed by atoms with Gasteiger partial charge in [0.05, 0.1) is 11.9 Å². The summed E-state index contributed by atoms with van der Waals surface area (Å²) in [6.45, 7) is 1.77. The van der Waals surface area contributed by atoms with Crippen molar-refractivity contribution in [2.24, 2.45) is 13.0 Å². The highest BCUT2D eigenvalue weighted by Gasteiger charge is 2.54. The Morgan fingerprint density at radius 2 is 1.96 bits per heavy atom. The van der Waals surface area contributed by atoms with Crippen LogP contribution < -0.4 is 0 Å². The minimum absolute atomic E-state index is 0.0355. The van der Waals surface area contributed by atoms with Gasteiger partial charge in [-0.25, -0.2) is 8.42 Å². The van der Waals surface area contributed by atoms with Gasteiger partial charge in [0.2, 0.25) is 21.7 Å². The maximum atomic E-state index is 13.5. The zero-order valence-electron chi connectivity index (χ0n) is 15.7. The lowest BCUT2D eigenvalue weighted by Crippen LogP contribution is -2.40. The van der Waals surface area contributed by atoms with Crippen LogP contribution in [0.5, 0.6) is 0 Å². The number of sulfonamides is 1. The fourth-order valence-electron chi connectivity index (χ4n) is 4.51. The van der Waals surface area contributed by atoms with Gasteiger partial charge >= 0.3 is 0 Å². The van der Waals surface area contributed by atoms with Gasteiger partial charge in [0.1, 0.15) is 10.9 Å². The second kappa shape index (κ2) is 6.25. The summed E-state index contributed by atoms with van der Waals surface area (Å²) in [6.07, 6.45) is 4.08. The summed E-state index contributed by atoms with van der Waals surface area (Å²) in [6, 6.07) is 9.09. The van der Waals surface area contributed by atoms with Crippen molar-refractivity contribution < 1.29 is 12.9 Å². The molecule has 2 aliphatic rings. The molecule has 3 heterocycles. The number of aromatic nitrogens is 4. The minimum Gasteiger partial charge on any atom is -0.337 e. The molecule has 28 heavy (non-hydrogen) atoms. The van der Waals surface area contributed by atoms with E-state index >= 15 is 0 Å². The standard InChI is InChI=1S/C19H21N5O3S/c1-12-16(11-20-23(12)2)28(25,26)24-15-9-8-14(10-15)17(24)19-21-18(22-27-19)13-6-4-3-5-7-13/h3-7,11,14-15,17H,8-10H2,1-2H3/t14-,15+,17+/m0/s1. The van der Waals surface area contributed by atoms with Crippen LogP contribution in [0.1, 0.15) is 36.9 Å². The summed E-state index contributed by atoms with van der Waals surface area (Å²) in [5.74, 6) is 1.05. The van der Waals surface area contributed by atoms with Crippen LogP contribution in [0.3, 0.4) is 0 Å². The van der Waals surface area contributed by atoms with E-state index in [4.69, 9.17) is 4.52 Å². The molecule has 8 nitrogen and oxygen atoms in total. The van der Waals surface area contributed by atoms with Crippen molar-refractivity contribution in [3.63, 3.8) is 0 Å². The third kappa shape index (κ3) is 2.53. The molecule has 1 aliphatic carbocycles. The van der Waals surface area contributed by atoms with E-state index in [1.165, 1.54) is 6.20 Å². The number of hydrogen-bond acceptors (Lipinski definition) is 6. The van der Waals surface area contributed by atoms with Crippen molar-refractivity contribution in [1.29, 1.82) is 0 Å². The number of piperidine rings is 1. The van der Waals surface area contributed by atoms with Gasteiger partial charge in [-0.05, 0) is 32.1 Å².